The fourth-order valence-electron chi connectivity index (χ4n) is 2.67. The lowest BCUT2D eigenvalue weighted by Gasteiger charge is -2.34. The third kappa shape index (κ3) is 4.31. The molecule has 1 fully saturated rings. The van der Waals surface area contributed by atoms with E-state index in [-0.39, 0.29) is 11.3 Å². The number of carboxylic acid groups (broad SMARTS) is 1. The van der Waals surface area contributed by atoms with Crippen LogP contribution in [-0.2, 0) is 9.59 Å². The van der Waals surface area contributed by atoms with Gasteiger partial charge in [-0.1, -0.05) is 33.1 Å². The molecule has 0 aliphatic heterocycles. The van der Waals surface area contributed by atoms with Crippen LogP contribution in [-0.4, -0.2) is 35.5 Å². The first-order valence-corrected chi connectivity index (χ1v) is 6.81. The lowest BCUT2D eigenvalue weighted by Crippen LogP contribution is -2.37. The molecule has 0 bridgehead atoms. The third-order valence-corrected chi connectivity index (χ3v) is 4.03. The van der Waals surface area contributed by atoms with Crippen LogP contribution >= 0.6 is 0 Å². The number of aliphatic carboxylic acids is 1. The Hall–Kier alpha value is -1.06. The molecule has 4 heteroatoms. The summed E-state index contributed by atoms with van der Waals surface area (Å²) in [6, 6.07) is 0. The van der Waals surface area contributed by atoms with E-state index in [1.165, 1.54) is 19.3 Å². The van der Waals surface area contributed by atoms with Gasteiger partial charge in [0.05, 0.1) is 5.92 Å². The van der Waals surface area contributed by atoms with Crippen molar-refractivity contribution < 1.29 is 14.7 Å². The second kappa shape index (κ2) is 6.21. The van der Waals surface area contributed by atoms with Gasteiger partial charge in [0.1, 0.15) is 0 Å². The molecule has 0 aromatic heterocycles. The van der Waals surface area contributed by atoms with Gasteiger partial charge in [0.25, 0.3) is 0 Å². The number of carbonyl (C=O) groups is 2. The van der Waals surface area contributed by atoms with Gasteiger partial charge in [0, 0.05) is 20.0 Å². The molecule has 0 aromatic rings. The second-order valence-corrected chi connectivity index (χ2v) is 6.06. The van der Waals surface area contributed by atoms with Crippen LogP contribution < -0.4 is 0 Å². The molecule has 1 atom stereocenters. The van der Waals surface area contributed by atoms with Crippen molar-refractivity contribution >= 4 is 11.9 Å². The van der Waals surface area contributed by atoms with E-state index in [0.29, 0.717) is 13.0 Å². The molecular formula is C14H25NO3. The van der Waals surface area contributed by atoms with Gasteiger partial charge >= 0.3 is 5.97 Å². The summed E-state index contributed by atoms with van der Waals surface area (Å²) in [5.74, 6) is -1.27. The molecule has 1 unspecified atom stereocenters. The average molecular weight is 255 g/mol. The lowest BCUT2D eigenvalue weighted by atomic mass is 9.73. The van der Waals surface area contributed by atoms with Crippen LogP contribution in [0.25, 0.3) is 0 Å². The van der Waals surface area contributed by atoms with Crippen LogP contribution in [0.1, 0.15) is 52.4 Å². The predicted molar refractivity (Wildman–Crippen MR) is 70.2 cm³/mol. The van der Waals surface area contributed by atoms with E-state index < -0.39 is 11.9 Å². The Morgan fingerprint density at radius 3 is 2.33 bits per heavy atom. The first-order chi connectivity index (χ1) is 8.34. The molecule has 1 aliphatic carbocycles. The molecule has 0 spiro atoms. The third-order valence-electron chi connectivity index (χ3n) is 4.03. The maximum atomic E-state index is 12.1. The zero-order chi connectivity index (χ0) is 13.8. The van der Waals surface area contributed by atoms with E-state index in [4.69, 9.17) is 5.11 Å². The smallest absolute Gasteiger partial charge is 0.308 e. The maximum Gasteiger partial charge on any atom is 0.308 e. The SMILES string of the molecule is CC(CN(C)C(=O)CC1(C)CCCCC1)C(=O)O. The summed E-state index contributed by atoms with van der Waals surface area (Å²) in [6.07, 6.45) is 6.46. The summed E-state index contributed by atoms with van der Waals surface area (Å²) in [5, 5.41) is 8.85. The molecule has 1 amide bonds. The van der Waals surface area contributed by atoms with Crippen LogP contribution in [0.5, 0.6) is 0 Å². The van der Waals surface area contributed by atoms with Crippen molar-refractivity contribution in [2.45, 2.75) is 52.4 Å². The Morgan fingerprint density at radius 2 is 1.83 bits per heavy atom. The van der Waals surface area contributed by atoms with E-state index in [9.17, 15) is 9.59 Å². The molecular weight excluding hydrogens is 230 g/mol. The fourth-order valence-corrected chi connectivity index (χ4v) is 2.67. The average Bonchev–Trinajstić information content (AvgIpc) is 2.28. The summed E-state index contributed by atoms with van der Waals surface area (Å²) in [7, 11) is 1.70. The Labute approximate surface area is 109 Å². The van der Waals surface area contributed by atoms with E-state index in [1.54, 1.807) is 18.9 Å². The van der Waals surface area contributed by atoms with Gasteiger partial charge in [0.15, 0.2) is 0 Å². The Morgan fingerprint density at radius 1 is 1.28 bits per heavy atom. The van der Waals surface area contributed by atoms with Crippen LogP contribution in [0.2, 0.25) is 0 Å². The highest BCUT2D eigenvalue weighted by Gasteiger charge is 2.31. The van der Waals surface area contributed by atoms with Gasteiger partial charge in [-0.05, 0) is 18.3 Å². The molecule has 0 saturated heterocycles. The van der Waals surface area contributed by atoms with Crippen molar-refractivity contribution in [1.82, 2.24) is 4.90 Å². The standard InChI is InChI=1S/C14H25NO3/c1-11(13(17)18)10-15(3)12(16)9-14(2)7-5-4-6-8-14/h11H,4-10H2,1-3H3,(H,17,18). The molecule has 1 rings (SSSR count). The molecule has 1 N–H and O–H groups in total. The van der Waals surface area contributed by atoms with Gasteiger partial charge in [-0.25, -0.2) is 0 Å². The van der Waals surface area contributed by atoms with Crippen molar-refractivity contribution in [2.75, 3.05) is 13.6 Å². The number of carboxylic acids is 1. The molecule has 1 aliphatic rings. The molecule has 0 radical (unpaired) electrons. The van der Waals surface area contributed by atoms with Gasteiger partial charge in [-0.15, -0.1) is 0 Å². The number of hydrogen-bond acceptors (Lipinski definition) is 2. The summed E-state index contributed by atoms with van der Waals surface area (Å²) in [5.41, 5.74) is 0.121. The molecule has 104 valence electrons. The number of carbonyl (C=O) groups excluding carboxylic acids is 1. The molecule has 18 heavy (non-hydrogen) atoms. The molecule has 4 nitrogen and oxygen atoms in total. The van der Waals surface area contributed by atoms with E-state index in [1.807, 2.05) is 0 Å². The minimum absolute atomic E-state index is 0.0764. The van der Waals surface area contributed by atoms with Crippen molar-refractivity contribution in [3.63, 3.8) is 0 Å². The summed E-state index contributed by atoms with van der Waals surface area (Å²) in [6.45, 7) is 4.11. The number of amides is 1. The highest BCUT2D eigenvalue weighted by atomic mass is 16.4. The topological polar surface area (TPSA) is 57.6 Å². The number of rotatable bonds is 5. The van der Waals surface area contributed by atoms with E-state index >= 15 is 0 Å². The van der Waals surface area contributed by atoms with Crippen LogP contribution in [0.4, 0.5) is 0 Å². The minimum atomic E-state index is -0.849. The highest BCUT2D eigenvalue weighted by Crippen LogP contribution is 2.38. The summed E-state index contributed by atoms with van der Waals surface area (Å²) in [4.78, 5) is 24.4. The van der Waals surface area contributed by atoms with Crippen molar-refractivity contribution in [2.24, 2.45) is 11.3 Å². The number of nitrogens with zero attached hydrogens (tertiary/aromatic N) is 1. The van der Waals surface area contributed by atoms with Gasteiger partial charge in [-0.3, -0.25) is 9.59 Å². The normalized spacial score (nSPS) is 20.2. The molecule has 0 heterocycles. The maximum absolute atomic E-state index is 12.1. The number of hydrogen-bond donors (Lipinski definition) is 1. The van der Waals surface area contributed by atoms with Crippen molar-refractivity contribution in [1.29, 1.82) is 0 Å². The van der Waals surface area contributed by atoms with Gasteiger partial charge in [-0.2, -0.15) is 0 Å². The lowest BCUT2D eigenvalue weighted by molar-refractivity contribution is -0.143. The minimum Gasteiger partial charge on any atom is -0.481 e. The van der Waals surface area contributed by atoms with Crippen molar-refractivity contribution in [3.8, 4) is 0 Å². The monoisotopic (exact) mass is 255 g/mol. The van der Waals surface area contributed by atoms with Gasteiger partial charge in [0.2, 0.25) is 5.91 Å². The Bertz CT molecular complexity index is 308. The first kappa shape index (κ1) is 15.0. The Balaban J connectivity index is 2.46. The Kier molecular flexibility index (Phi) is 5.17. The van der Waals surface area contributed by atoms with Crippen molar-refractivity contribution in [3.05, 3.63) is 0 Å². The van der Waals surface area contributed by atoms with E-state index in [0.717, 1.165) is 12.8 Å². The zero-order valence-corrected chi connectivity index (χ0v) is 11.7. The van der Waals surface area contributed by atoms with Crippen LogP contribution in [0.3, 0.4) is 0 Å². The van der Waals surface area contributed by atoms with Crippen LogP contribution in [0, 0.1) is 11.3 Å². The fraction of sp³-hybridized carbons (Fsp3) is 0.857. The largest absolute Gasteiger partial charge is 0.481 e. The second-order valence-electron chi connectivity index (χ2n) is 6.06. The summed E-state index contributed by atoms with van der Waals surface area (Å²) >= 11 is 0. The summed E-state index contributed by atoms with van der Waals surface area (Å²) < 4.78 is 0. The predicted octanol–water partition coefficient (Wildman–Crippen LogP) is 2.53. The van der Waals surface area contributed by atoms with Gasteiger partial charge < -0.3 is 10.0 Å². The highest BCUT2D eigenvalue weighted by molar-refractivity contribution is 5.77. The first-order valence-electron chi connectivity index (χ1n) is 6.81. The van der Waals surface area contributed by atoms with E-state index in [2.05, 4.69) is 6.92 Å². The molecule has 1 saturated carbocycles. The quantitative estimate of drug-likeness (QED) is 0.821. The van der Waals surface area contributed by atoms with Crippen LogP contribution in [0.15, 0.2) is 0 Å². The zero-order valence-electron chi connectivity index (χ0n) is 11.7. The molecule has 0 aromatic carbocycles.